The first kappa shape index (κ1) is 14.3. The van der Waals surface area contributed by atoms with Crippen LogP contribution in [0.4, 0.5) is 5.69 Å². The second-order valence-corrected chi connectivity index (χ2v) is 7.58. The molecule has 0 aromatic heterocycles. The largest absolute Gasteiger partial charge is 0.495 e. The third kappa shape index (κ3) is 3.48. The number of benzene rings is 1. The lowest BCUT2D eigenvalue weighted by molar-refractivity contribution is -0.119. The monoisotopic (exact) mass is 347 g/mol. The first-order chi connectivity index (χ1) is 8.91. The third-order valence-electron chi connectivity index (χ3n) is 3.02. The van der Waals surface area contributed by atoms with Crippen LogP contribution in [0.2, 0.25) is 0 Å². The Hall–Kier alpha value is -1.08. The van der Waals surface area contributed by atoms with Crippen molar-refractivity contribution in [3.63, 3.8) is 0 Å². The molecule has 1 amide bonds. The lowest BCUT2D eigenvalue weighted by Crippen LogP contribution is -2.24. The summed E-state index contributed by atoms with van der Waals surface area (Å²) in [4.78, 5) is 12.0. The van der Waals surface area contributed by atoms with Gasteiger partial charge in [0.25, 0.3) is 0 Å². The fourth-order valence-corrected chi connectivity index (χ4v) is 4.12. The standard InChI is InChI=1S/C12H14BrNO4S/c1-18-11-3-2-9(13)6-10(11)14-12(15)8-4-5-19(16,17)7-8/h2-3,6,8H,4-5,7H2,1H3,(H,14,15). The number of amides is 1. The molecule has 1 N–H and O–H groups in total. The van der Waals surface area contributed by atoms with E-state index in [0.717, 1.165) is 4.47 Å². The smallest absolute Gasteiger partial charge is 0.228 e. The highest BCUT2D eigenvalue weighted by molar-refractivity contribution is 9.10. The molecule has 0 spiro atoms. The van der Waals surface area contributed by atoms with Crippen molar-refractivity contribution in [3.8, 4) is 5.75 Å². The van der Waals surface area contributed by atoms with E-state index >= 15 is 0 Å². The normalized spacial score (nSPS) is 21.1. The summed E-state index contributed by atoms with van der Waals surface area (Å²) in [6, 6.07) is 5.25. The van der Waals surface area contributed by atoms with Gasteiger partial charge in [0.05, 0.1) is 30.2 Å². The SMILES string of the molecule is COc1ccc(Br)cc1NC(=O)C1CCS(=O)(=O)C1. The van der Waals surface area contributed by atoms with Gasteiger partial charge in [0.1, 0.15) is 5.75 Å². The summed E-state index contributed by atoms with van der Waals surface area (Å²) < 4.78 is 28.7. The van der Waals surface area contributed by atoms with Crippen molar-refractivity contribution >= 4 is 37.4 Å². The van der Waals surface area contributed by atoms with Crippen molar-refractivity contribution in [1.82, 2.24) is 0 Å². The van der Waals surface area contributed by atoms with Crippen molar-refractivity contribution in [2.75, 3.05) is 23.9 Å². The van der Waals surface area contributed by atoms with Gasteiger partial charge in [0.15, 0.2) is 9.84 Å². The highest BCUT2D eigenvalue weighted by atomic mass is 79.9. The van der Waals surface area contributed by atoms with Crippen LogP contribution in [0.1, 0.15) is 6.42 Å². The van der Waals surface area contributed by atoms with E-state index in [4.69, 9.17) is 4.74 Å². The van der Waals surface area contributed by atoms with Gasteiger partial charge in [-0.25, -0.2) is 8.42 Å². The molecule has 1 saturated heterocycles. The van der Waals surface area contributed by atoms with Crippen LogP contribution >= 0.6 is 15.9 Å². The lowest BCUT2D eigenvalue weighted by Gasteiger charge is -2.13. The first-order valence-corrected chi connectivity index (χ1v) is 8.37. The number of anilines is 1. The predicted molar refractivity (Wildman–Crippen MR) is 76.1 cm³/mol. The van der Waals surface area contributed by atoms with Gasteiger partial charge in [0, 0.05) is 4.47 Å². The zero-order chi connectivity index (χ0) is 14.0. The number of sulfone groups is 1. The minimum Gasteiger partial charge on any atom is -0.495 e. The Morgan fingerprint density at radius 2 is 2.21 bits per heavy atom. The number of carbonyl (C=O) groups is 1. The fourth-order valence-electron chi connectivity index (χ4n) is 2.01. The molecule has 2 rings (SSSR count). The molecule has 0 saturated carbocycles. The van der Waals surface area contributed by atoms with E-state index in [0.29, 0.717) is 17.9 Å². The molecule has 1 unspecified atom stereocenters. The van der Waals surface area contributed by atoms with E-state index in [1.54, 1.807) is 18.2 Å². The van der Waals surface area contributed by atoms with Gasteiger partial charge < -0.3 is 10.1 Å². The number of hydrogen-bond acceptors (Lipinski definition) is 4. The molecule has 1 atom stereocenters. The number of carbonyl (C=O) groups excluding carboxylic acids is 1. The number of nitrogens with one attached hydrogen (secondary N) is 1. The van der Waals surface area contributed by atoms with Crippen LogP contribution in [0.5, 0.6) is 5.75 Å². The number of methoxy groups -OCH3 is 1. The third-order valence-corrected chi connectivity index (χ3v) is 5.28. The van der Waals surface area contributed by atoms with E-state index < -0.39 is 15.8 Å². The summed E-state index contributed by atoms with van der Waals surface area (Å²) in [5, 5.41) is 2.72. The Kier molecular flexibility index (Phi) is 4.15. The second-order valence-electron chi connectivity index (χ2n) is 4.43. The van der Waals surface area contributed by atoms with Gasteiger partial charge in [-0.2, -0.15) is 0 Å². The van der Waals surface area contributed by atoms with Gasteiger partial charge in [-0.1, -0.05) is 15.9 Å². The molecule has 1 aliphatic rings. The Balaban J connectivity index is 2.13. The Bertz CT molecular complexity index is 600. The molecule has 1 heterocycles. The van der Waals surface area contributed by atoms with Gasteiger partial charge >= 0.3 is 0 Å². The summed E-state index contributed by atoms with van der Waals surface area (Å²) >= 11 is 3.31. The van der Waals surface area contributed by atoms with Crippen LogP contribution in [-0.2, 0) is 14.6 Å². The van der Waals surface area contributed by atoms with Gasteiger partial charge in [0.2, 0.25) is 5.91 Å². The summed E-state index contributed by atoms with van der Waals surface area (Å²) in [5.41, 5.74) is 0.533. The molecular weight excluding hydrogens is 334 g/mol. The Morgan fingerprint density at radius 1 is 1.47 bits per heavy atom. The molecule has 19 heavy (non-hydrogen) atoms. The maximum Gasteiger partial charge on any atom is 0.228 e. The van der Waals surface area contributed by atoms with E-state index in [2.05, 4.69) is 21.2 Å². The van der Waals surface area contributed by atoms with Crippen molar-refractivity contribution in [2.24, 2.45) is 5.92 Å². The zero-order valence-electron chi connectivity index (χ0n) is 10.3. The quantitative estimate of drug-likeness (QED) is 0.905. The molecule has 0 aliphatic carbocycles. The highest BCUT2D eigenvalue weighted by Gasteiger charge is 2.33. The average molecular weight is 348 g/mol. The number of rotatable bonds is 3. The average Bonchev–Trinajstić information content (AvgIpc) is 2.70. The van der Waals surface area contributed by atoms with Crippen LogP contribution in [0.15, 0.2) is 22.7 Å². The Morgan fingerprint density at radius 3 is 2.79 bits per heavy atom. The topological polar surface area (TPSA) is 72.5 Å². The number of hydrogen-bond donors (Lipinski definition) is 1. The van der Waals surface area contributed by atoms with Gasteiger partial charge in [-0.3, -0.25) is 4.79 Å². The molecule has 0 bridgehead atoms. The van der Waals surface area contributed by atoms with Crippen molar-refractivity contribution in [3.05, 3.63) is 22.7 Å². The second kappa shape index (κ2) is 5.50. The molecule has 1 aromatic rings. The van der Waals surface area contributed by atoms with E-state index in [9.17, 15) is 13.2 Å². The summed E-state index contributed by atoms with van der Waals surface area (Å²) in [7, 11) is -1.55. The highest BCUT2D eigenvalue weighted by Crippen LogP contribution is 2.29. The van der Waals surface area contributed by atoms with Crippen LogP contribution in [0, 0.1) is 5.92 Å². The Labute approximate surface area is 120 Å². The first-order valence-electron chi connectivity index (χ1n) is 5.76. The maximum absolute atomic E-state index is 12.0. The molecule has 104 valence electrons. The lowest BCUT2D eigenvalue weighted by atomic mass is 10.1. The van der Waals surface area contributed by atoms with E-state index in [1.807, 2.05) is 0 Å². The van der Waals surface area contributed by atoms with Crippen molar-refractivity contribution in [2.45, 2.75) is 6.42 Å². The van der Waals surface area contributed by atoms with Crippen molar-refractivity contribution in [1.29, 1.82) is 0 Å². The minimum absolute atomic E-state index is 0.0743. The van der Waals surface area contributed by atoms with Gasteiger partial charge in [-0.15, -0.1) is 0 Å². The van der Waals surface area contributed by atoms with Crippen LogP contribution < -0.4 is 10.1 Å². The van der Waals surface area contributed by atoms with Crippen LogP contribution in [0.3, 0.4) is 0 Å². The molecular formula is C12H14BrNO4S. The van der Waals surface area contributed by atoms with Gasteiger partial charge in [-0.05, 0) is 24.6 Å². The van der Waals surface area contributed by atoms with E-state index in [1.165, 1.54) is 7.11 Å². The van der Waals surface area contributed by atoms with Crippen LogP contribution in [-0.4, -0.2) is 32.9 Å². The summed E-state index contributed by atoms with van der Waals surface area (Å²) in [6.07, 6.45) is 0.379. The molecule has 1 fully saturated rings. The van der Waals surface area contributed by atoms with E-state index in [-0.39, 0.29) is 17.4 Å². The molecule has 1 aliphatic heterocycles. The minimum atomic E-state index is -3.06. The van der Waals surface area contributed by atoms with Crippen LogP contribution in [0.25, 0.3) is 0 Å². The zero-order valence-corrected chi connectivity index (χ0v) is 12.8. The summed E-state index contributed by atoms with van der Waals surface area (Å²) in [5.74, 6) is -0.209. The van der Waals surface area contributed by atoms with Crippen molar-refractivity contribution < 1.29 is 17.9 Å². The predicted octanol–water partition coefficient (Wildman–Crippen LogP) is 1.83. The molecule has 1 aromatic carbocycles. The molecule has 7 heteroatoms. The fraction of sp³-hybridized carbons (Fsp3) is 0.417. The molecule has 5 nitrogen and oxygen atoms in total. The summed E-state index contributed by atoms with van der Waals surface area (Å²) in [6.45, 7) is 0. The number of halogens is 1. The number of ether oxygens (including phenoxy) is 1. The molecule has 0 radical (unpaired) electrons. The maximum atomic E-state index is 12.0.